The van der Waals surface area contributed by atoms with Gasteiger partial charge in [0.05, 0.1) is 0 Å². The smallest absolute Gasteiger partial charge is 0.255 e. The van der Waals surface area contributed by atoms with Gasteiger partial charge in [-0.15, -0.1) is 0 Å². The average Bonchev–Trinajstić information content (AvgIpc) is 2.97. The molecule has 2 fully saturated rings. The van der Waals surface area contributed by atoms with Crippen molar-refractivity contribution < 1.29 is 14.4 Å². The lowest BCUT2D eigenvalue weighted by Crippen LogP contribution is -2.52. The molecule has 3 unspecified atom stereocenters. The molecular formula is C20H26N4O3. The van der Waals surface area contributed by atoms with Gasteiger partial charge in [0.1, 0.15) is 6.04 Å². The highest BCUT2D eigenvalue weighted by Gasteiger charge is 2.39. The fraction of sp³-hybridized carbons (Fsp3) is 0.550. The number of imide groups is 1. The Kier molecular flexibility index (Phi) is 4.97. The maximum absolute atomic E-state index is 12.8. The molecule has 0 aliphatic carbocycles. The molecule has 2 saturated heterocycles. The van der Waals surface area contributed by atoms with E-state index in [-0.39, 0.29) is 24.1 Å². The molecule has 3 N–H and O–H groups in total. The minimum Gasteiger partial charge on any atom is -0.322 e. The minimum atomic E-state index is -0.556. The summed E-state index contributed by atoms with van der Waals surface area (Å²) >= 11 is 0. The molecule has 144 valence electrons. The number of carbonyl (C=O) groups excluding carboxylic acids is 3. The molecule has 27 heavy (non-hydrogen) atoms. The third-order valence-electron chi connectivity index (χ3n) is 5.85. The first-order chi connectivity index (χ1) is 13.0. The molecule has 4 rings (SSSR count). The van der Waals surface area contributed by atoms with Crippen LogP contribution in [0.3, 0.4) is 0 Å². The van der Waals surface area contributed by atoms with Crippen molar-refractivity contribution in [3.63, 3.8) is 0 Å². The standard InChI is InChI=1S/C20H26N4O3/c1-12-2-5-15(10-21-12)22-9-13-3-4-14-11-24(20(27)16(14)8-13)17-6-7-18(25)23-19(17)26/h3-4,8,12,15,17,21-22H,2,5-7,9-11H2,1H3,(H,23,25,26). The van der Waals surface area contributed by atoms with Crippen molar-refractivity contribution >= 4 is 17.7 Å². The molecule has 3 aliphatic heterocycles. The van der Waals surface area contributed by atoms with Gasteiger partial charge in [-0.3, -0.25) is 19.7 Å². The molecular weight excluding hydrogens is 344 g/mol. The zero-order chi connectivity index (χ0) is 19.0. The second kappa shape index (κ2) is 7.40. The number of benzene rings is 1. The Morgan fingerprint density at radius 2 is 2.04 bits per heavy atom. The summed E-state index contributed by atoms with van der Waals surface area (Å²) in [6.45, 7) is 4.32. The van der Waals surface area contributed by atoms with E-state index in [4.69, 9.17) is 0 Å². The number of rotatable bonds is 4. The van der Waals surface area contributed by atoms with E-state index < -0.39 is 6.04 Å². The van der Waals surface area contributed by atoms with E-state index in [0.717, 1.165) is 30.6 Å². The van der Waals surface area contributed by atoms with Gasteiger partial charge in [0, 0.05) is 43.7 Å². The number of amides is 3. The molecule has 0 aromatic heterocycles. The van der Waals surface area contributed by atoms with Crippen LogP contribution in [0.5, 0.6) is 0 Å². The van der Waals surface area contributed by atoms with Gasteiger partial charge in [-0.05, 0) is 43.4 Å². The van der Waals surface area contributed by atoms with Gasteiger partial charge >= 0.3 is 0 Å². The number of hydrogen-bond donors (Lipinski definition) is 3. The quantitative estimate of drug-likeness (QED) is 0.678. The SMILES string of the molecule is CC1CCC(NCc2ccc3c(c2)C(=O)N(C2CCC(=O)NC2=O)C3)CN1. The third-order valence-corrected chi connectivity index (χ3v) is 5.85. The molecule has 3 aliphatic rings. The predicted octanol–water partition coefficient (Wildman–Crippen LogP) is 0.678. The fourth-order valence-electron chi connectivity index (χ4n) is 4.15. The Bertz CT molecular complexity index is 770. The number of carbonyl (C=O) groups is 3. The molecule has 0 saturated carbocycles. The Morgan fingerprint density at radius 1 is 1.19 bits per heavy atom. The first-order valence-corrected chi connectivity index (χ1v) is 9.74. The molecule has 3 amide bonds. The van der Waals surface area contributed by atoms with Crippen LogP contribution in [0.25, 0.3) is 0 Å². The van der Waals surface area contributed by atoms with Crippen molar-refractivity contribution in [1.29, 1.82) is 0 Å². The lowest BCUT2D eigenvalue weighted by molar-refractivity contribution is -0.136. The summed E-state index contributed by atoms with van der Waals surface area (Å²) in [6, 6.07) is 6.45. The number of piperidine rings is 2. The monoisotopic (exact) mass is 370 g/mol. The van der Waals surface area contributed by atoms with Crippen molar-refractivity contribution in [2.24, 2.45) is 0 Å². The van der Waals surface area contributed by atoms with Gasteiger partial charge in [-0.1, -0.05) is 12.1 Å². The van der Waals surface area contributed by atoms with E-state index in [1.54, 1.807) is 4.90 Å². The molecule has 0 spiro atoms. The Morgan fingerprint density at radius 3 is 2.78 bits per heavy atom. The summed E-state index contributed by atoms with van der Waals surface area (Å²) in [6.07, 6.45) is 2.99. The van der Waals surface area contributed by atoms with Crippen LogP contribution in [0.2, 0.25) is 0 Å². The summed E-state index contributed by atoms with van der Waals surface area (Å²) in [7, 11) is 0. The van der Waals surface area contributed by atoms with E-state index in [9.17, 15) is 14.4 Å². The van der Waals surface area contributed by atoms with E-state index in [2.05, 4.69) is 22.9 Å². The zero-order valence-electron chi connectivity index (χ0n) is 15.6. The highest BCUT2D eigenvalue weighted by Crippen LogP contribution is 2.28. The van der Waals surface area contributed by atoms with Crippen LogP contribution in [-0.2, 0) is 22.7 Å². The van der Waals surface area contributed by atoms with Crippen molar-refractivity contribution in [1.82, 2.24) is 20.9 Å². The Balaban J connectivity index is 1.40. The highest BCUT2D eigenvalue weighted by molar-refractivity contribution is 6.05. The lowest BCUT2D eigenvalue weighted by Gasteiger charge is -2.29. The van der Waals surface area contributed by atoms with Crippen LogP contribution >= 0.6 is 0 Å². The lowest BCUT2D eigenvalue weighted by atomic mass is 10.0. The Labute approximate surface area is 158 Å². The summed E-state index contributed by atoms with van der Waals surface area (Å²) in [5, 5.41) is 9.38. The van der Waals surface area contributed by atoms with E-state index in [1.165, 1.54) is 6.42 Å². The second-order valence-corrected chi connectivity index (χ2v) is 7.86. The second-order valence-electron chi connectivity index (χ2n) is 7.86. The predicted molar refractivity (Wildman–Crippen MR) is 99.8 cm³/mol. The average molecular weight is 370 g/mol. The van der Waals surface area contributed by atoms with Gasteiger partial charge in [-0.2, -0.15) is 0 Å². The molecule has 3 atom stereocenters. The molecule has 1 aromatic rings. The zero-order valence-corrected chi connectivity index (χ0v) is 15.6. The minimum absolute atomic E-state index is 0.116. The first-order valence-electron chi connectivity index (χ1n) is 9.74. The Hall–Kier alpha value is -2.25. The maximum atomic E-state index is 12.8. The first kappa shape index (κ1) is 18.1. The van der Waals surface area contributed by atoms with Gasteiger partial charge in [0.15, 0.2) is 0 Å². The fourth-order valence-corrected chi connectivity index (χ4v) is 4.15. The number of hydrogen-bond acceptors (Lipinski definition) is 5. The topological polar surface area (TPSA) is 90.5 Å². The van der Waals surface area contributed by atoms with E-state index in [0.29, 0.717) is 30.6 Å². The normalized spacial score (nSPS) is 28.3. The summed E-state index contributed by atoms with van der Waals surface area (Å²) < 4.78 is 0. The molecule has 7 nitrogen and oxygen atoms in total. The van der Waals surface area contributed by atoms with Gasteiger partial charge in [0.2, 0.25) is 11.8 Å². The maximum Gasteiger partial charge on any atom is 0.255 e. The molecule has 3 heterocycles. The number of nitrogens with zero attached hydrogens (tertiary/aromatic N) is 1. The van der Waals surface area contributed by atoms with Crippen LogP contribution in [-0.4, -0.2) is 47.3 Å². The van der Waals surface area contributed by atoms with Gasteiger partial charge in [0.25, 0.3) is 5.91 Å². The van der Waals surface area contributed by atoms with Crippen molar-refractivity contribution in [2.75, 3.05) is 6.54 Å². The number of nitrogens with one attached hydrogen (secondary N) is 3. The third kappa shape index (κ3) is 3.75. The molecule has 7 heteroatoms. The summed E-state index contributed by atoms with van der Waals surface area (Å²) in [5.41, 5.74) is 2.70. The van der Waals surface area contributed by atoms with Crippen molar-refractivity contribution in [2.45, 2.75) is 63.8 Å². The highest BCUT2D eigenvalue weighted by atomic mass is 16.2. The van der Waals surface area contributed by atoms with E-state index in [1.807, 2.05) is 18.2 Å². The summed E-state index contributed by atoms with van der Waals surface area (Å²) in [5.74, 6) is -0.747. The molecule has 1 aromatic carbocycles. The largest absolute Gasteiger partial charge is 0.322 e. The van der Waals surface area contributed by atoms with Gasteiger partial charge in [-0.25, -0.2) is 0 Å². The van der Waals surface area contributed by atoms with Crippen LogP contribution in [0.1, 0.15) is 54.1 Å². The van der Waals surface area contributed by atoms with Crippen molar-refractivity contribution in [3.05, 3.63) is 34.9 Å². The van der Waals surface area contributed by atoms with Crippen LogP contribution < -0.4 is 16.0 Å². The molecule has 0 bridgehead atoms. The van der Waals surface area contributed by atoms with E-state index >= 15 is 0 Å². The van der Waals surface area contributed by atoms with Crippen LogP contribution in [0.4, 0.5) is 0 Å². The van der Waals surface area contributed by atoms with Gasteiger partial charge < -0.3 is 15.5 Å². The summed E-state index contributed by atoms with van der Waals surface area (Å²) in [4.78, 5) is 37.9. The van der Waals surface area contributed by atoms with Crippen LogP contribution in [0.15, 0.2) is 18.2 Å². The molecule has 0 radical (unpaired) electrons. The van der Waals surface area contributed by atoms with Crippen molar-refractivity contribution in [3.8, 4) is 0 Å². The number of fused-ring (bicyclic) bond motifs is 1. The van der Waals surface area contributed by atoms with Crippen LogP contribution in [0, 0.1) is 0 Å².